The van der Waals surface area contributed by atoms with Gasteiger partial charge >= 0.3 is 0 Å². The van der Waals surface area contributed by atoms with Gasteiger partial charge in [0.2, 0.25) is 0 Å². The van der Waals surface area contributed by atoms with E-state index in [4.69, 9.17) is 4.84 Å². The van der Waals surface area contributed by atoms with E-state index >= 15 is 0 Å². The summed E-state index contributed by atoms with van der Waals surface area (Å²) >= 11 is 0. The molecule has 0 atom stereocenters. The summed E-state index contributed by atoms with van der Waals surface area (Å²) in [5, 5.41) is 4.06. The number of oxime groups is 1. The second-order valence-electron chi connectivity index (χ2n) is 3.99. The van der Waals surface area contributed by atoms with E-state index in [9.17, 15) is 0 Å². The van der Waals surface area contributed by atoms with E-state index in [0.717, 1.165) is 36.2 Å². The normalized spacial score (nSPS) is 16.7. The molecule has 0 spiro atoms. The van der Waals surface area contributed by atoms with Crippen molar-refractivity contribution in [2.45, 2.75) is 26.2 Å². The molecule has 2 rings (SSSR count). The van der Waals surface area contributed by atoms with Gasteiger partial charge in [0.25, 0.3) is 0 Å². The fraction of sp³-hybridized carbons (Fsp3) is 0.333. The van der Waals surface area contributed by atoms with Gasteiger partial charge in [-0.3, -0.25) is 0 Å². The first-order valence-corrected chi connectivity index (χ1v) is 6.21. The molecule has 0 saturated heterocycles. The third-order valence-corrected chi connectivity index (χ3v) is 2.55. The lowest BCUT2D eigenvalue weighted by Crippen LogP contribution is -2.03. The van der Waals surface area contributed by atoms with Crippen LogP contribution in [-0.2, 0) is 4.84 Å². The van der Waals surface area contributed by atoms with Crippen LogP contribution in [0.3, 0.4) is 0 Å². The maximum Gasteiger partial charge on any atom is 0.114 e. The van der Waals surface area contributed by atoms with Crippen LogP contribution in [0.1, 0.15) is 31.9 Å². The average molecular weight is 240 g/mol. The maximum atomic E-state index is 5.07. The van der Waals surface area contributed by atoms with Crippen molar-refractivity contribution >= 4 is 5.71 Å². The molecule has 1 heterocycles. The predicted octanol–water partition coefficient (Wildman–Crippen LogP) is 2.94. The van der Waals surface area contributed by atoms with Crippen molar-refractivity contribution in [2.24, 2.45) is 5.16 Å². The minimum Gasteiger partial charge on any atom is -0.396 e. The van der Waals surface area contributed by atoms with Crippen LogP contribution in [0.5, 0.6) is 0 Å². The summed E-state index contributed by atoms with van der Waals surface area (Å²) in [5.41, 5.74) is 2.88. The average Bonchev–Trinajstić information content (AvgIpc) is 2.44. The van der Waals surface area contributed by atoms with Gasteiger partial charge in [0.05, 0.1) is 5.71 Å². The van der Waals surface area contributed by atoms with Gasteiger partial charge < -0.3 is 4.84 Å². The Hall–Kier alpha value is -2.08. The molecule has 18 heavy (non-hydrogen) atoms. The number of nitrogens with zero attached hydrogens (tertiary/aromatic N) is 2. The summed E-state index contributed by atoms with van der Waals surface area (Å²) in [4.78, 5) is 9.24. The van der Waals surface area contributed by atoms with Gasteiger partial charge in [-0.15, -0.1) is 0 Å². The summed E-state index contributed by atoms with van der Waals surface area (Å²) < 4.78 is 0. The summed E-state index contributed by atoms with van der Waals surface area (Å²) in [6.45, 7) is 2.53. The lowest BCUT2D eigenvalue weighted by atomic mass is 9.98. The van der Waals surface area contributed by atoms with Gasteiger partial charge in [-0.25, -0.2) is 4.98 Å². The highest BCUT2D eigenvalue weighted by Gasteiger charge is 2.07. The Morgan fingerprint density at radius 3 is 3.06 bits per heavy atom. The molecule has 3 nitrogen and oxygen atoms in total. The van der Waals surface area contributed by atoms with Crippen molar-refractivity contribution in [1.29, 1.82) is 0 Å². The monoisotopic (exact) mass is 240 g/mol. The zero-order valence-corrected chi connectivity index (χ0v) is 10.5. The number of hydrogen-bond acceptors (Lipinski definition) is 3. The Balaban J connectivity index is 2.10. The minimum absolute atomic E-state index is 0.603. The Bertz CT molecular complexity index is 506. The molecule has 0 N–H and O–H groups in total. The van der Waals surface area contributed by atoms with Crippen LogP contribution in [0.15, 0.2) is 41.2 Å². The van der Waals surface area contributed by atoms with Crippen LogP contribution in [-0.4, -0.2) is 17.3 Å². The van der Waals surface area contributed by atoms with E-state index < -0.39 is 0 Å². The van der Waals surface area contributed by atoms with Crippen molar-refractivity contribution < 1.29 is 4.84 Å². The number of rotatable bonds is 2. The smallest absolute Gasteiger partial charge is 0.114 e. The van der Waals surface area contributed by atoms with Crippen molar-refractivity contribution in [3.63, 3.8) is 0 Å². The number of aromatic nitrogens is 1. The van der Waals surface area contributed by atoms with E-state index in [2.05, 4.69) is 22.0 Å². The van der Waals surface area contributed by atoms with Crippen LogP contribution < -0.4 is 0 Å². The van der Waals surface area contributed by atoms with Crippen LogP contribution in [0.2, 0.25) is 0 Å². The molecule has 1 aromatic heterocycles. The summed E-state index contributed by atoms with van der Waals surface area (Å²) in [6, 6.07) is 5.73. The Morgan fingerprint density at radius 1 is 1.33 bits per heavy atom. The summed E-state index contributed by atoms with van der Waals surface area (Å²) in [5.74, 6) is 6.22. The molecule has 0 radical (unpaired) electrons. The SMILES string of the molecule is CCON=C1C=C(C#Cc2ccccn2)CCC1. The topological polar surface area (TPSA) is 34.5 Å². The zero-order chi connectivity index (χ0) is 12.6. The van der Waals surface area contributed by atoms with E-state index in [1.807, 2.05) is 31.2 Å². The standard InChI is InChI=1S/C15H16N2O/c1-2-18-17-15-8-5-6-13(12-15)9-10-14-7-3-4-11-16-14/h3-4,7,11-12H,2,5-6,8H2,1H3. The van der Waals surface area contributed by atoms with Crippen molar-refractivity contribution in [1.82, 2.24) is 4.98 Å². The van der Waals surface area contributed by atoms with Crippen molar-refractivity contribution in [2.75, 3.05) is 6.61 Å². The van der Waals surface area contributed by atoms with Crippen LogP contribution in [0, 0.1) is 11.8 Å². The highest BCUT2D eigenvalue weighted by Crippen LogP contribution is 2.15. The highest BCUT2D eigenvalue weighted by molar-refractivity contribution is 5.96. The Morgan fingerprint density at radius 2 is 2.28 bits per heavy atom. The first-order valence-electron chi connectivity index (χ1n) is 6.21. The predicted molar refractivity (Wildman–Crippen MR) is 72.1 cm³/mol. The lowest BCUT2D eigenvalue weighted by Gasteiger charge is -2.09. The van der Waals surface area contributed by atoms with Gasteiger partial charge in [0.15, 0.2) is 0 Å². The Labute approximate surface area is 108 Å². The largest absolute Gasteiger partial charge is 0.396 e. The second kappa shape index (κ2) is 6.61. The molecule has 0 bridgehead atoms. The molecular weight excluding hydrogens is 224 g/mol. The third-order valence-electron chi connectivity index (χ3n) is 2.55. The molecule has 0 amide bonds. The van der Waals surface area contributed by atoms with E-state index in [1.165, 1.54) is 0 Å². The molecule has 0 fully saturated rings. The Kier molecular flexibility index (Phi) is 4.54. The molecule has 1 aromatic rings. The molecule has 0 unspecified atom stereocenters. The van der Waals surface area contributed by atoms with Gasteiger partial charge in [0.1, 0.15) is 12.3 Å². The first-order chi connectivity index (χ1) is 8.88. The van der Waals surface area contributed by atoms with Gasteiger partial charge in [-0.1, -0.05) is 17.1 Å². The molecule has 0 saturated carbocycles. The minimum atomic E-state index is 0.603. The zero-order valence-electron chi connectivity index (χ0n) is 10.5. The number of pyridine rings is 1. The molecule has 1 aliphatic rings. The van der Waals surface area contributed by atoms with E-state index in [-0.39, 0.29) is 0 Å². The van der Waals surface area contributed by atoms with Gasteiger partial charge in [-0.05, 0) is 50.3 Å². The van der Waals surface area contributed by atoms with Gasteiger partial charge in [-0.2, -0.15) is 0 Å². The lowest BCUT2D eigenvalue weighted by molar-refractivity contribution is 0.158. The van der Waals surface area contributed by atoms with E-state index in [0.29, 0.717) is 6.61 Å². The van der Waals surface area contributed by atoms with Crippen LogP contribution in [0.4, 0.5) is 0 Å². The summed E-state index contributed by atoms with van der Waals surface area (Å²) in [7, 11) is 0. The quantitative estimate of drug-likeness (QED) is 0.588. The van der Waals surface area contributed by atoms with Crippen molar-refractivity contribution in [3.8, 4) is 11.8 Å². The summed E-state index contributed by atoms with van der Waals surface area (Å²) in [6.07, 6.45) is 6.82. The molecule has 1 aliphatic carbocycles. The molecular formula is C15H16N2O. The van der Waals surface area contributed by atoms with Gasteiger partial charge in [0, 0.05) is 11.8 Å². The molecule has 0 aromatic carbocycles. The fourth-order valence-electron chi connectivity index (χ4n) is 1.70. The first kappa shape index (κ1) is 12.4. The van der Waals surface area contributed by atoms with Crippen molar-refractivity contribution in [3.05, 3.63) is 41.7 Å². The third kappa shape index (κ3) is 3.74. The second-order valence-corrected chi connectivity index (χ2v) is 3.99. The van der Waals surface area contributed by atoms with Crippen LogP contribution >= 0.6 is 0 Å². The highest BCUT2D eigenvalue weighted by atomic mass is 16.6. The van der Waals surface area contributed by atoms with Crippen LogP contribution in [0.25, 0.3) is 0 Å². The number of allylic oxidation sites excluding steroid dienone is 2. The molecule has 0 aliphatic heterocycles. The number of hydrogen-bond donors (Lipinski definition) is 0. The maximum absolute atomic E-state index is 5.07. The fourth-order valence-corrected chi connectivity index (χ4v) is 1.70. The molecule has 92 valence electrons. The van der Waals surface area contributed by atoms with E-state index in [1.54, 1.807) is 6.20 Å². The molecule has 3 heteroatoms.